The Balaban J connectivity index is 1.66. The van der Waals surface area contributed by atoms with Crippen molar-refractivity contribution in [2.75, 3.05) is 0 Å². The van der Waals surface area contributed by atoms with Crippen LogP contribution in [0.15, 0.2) is 48.7 Å². The van der Waals surface area contributed by atoms with Gasteiger partial charge in [-0.15, -0.1) is 0 Å². The number of benzene rings is 2. The number of carboxylic acids is 1. The fraction of sp³-hybridized carbons (Fsp3) is 0.407. The van der Waals surface area contributed by atoms with Crippen LogP contribution in [0.3, 0.4) is 0 Å². The van der Waals surface area contributed by atoms with Crippen LogP contribution in [0.5, 0.6) is 0 Å². The van der Waals surface area contributed by atoms with Gasteiger partial charge in [-0.3, -0.25) is 0 Å². The van der Waals surface area contributed by atoms with Gasteiger partial charge < -0.3 is 14.2 Å². The van der Waals surface area contributed by atoms with E-state index in [1.807, 2.05) is 6.07 Å². The smallest absolute Gasteiger partial charge is 0.335 e. The van der Waals surface area contributed by atoms with E-state index >= 15 is 0 Å². The first-order chi connectivity index (χ1) is 15.2. The zero-order valence-electron chi connectivity index (χ0n) is 19.3. The molecule has 5 rings (SSSR count). The van der Waals surface area contributed by atoms with Crippen LogP contribution in [0.4, 0.5) is 0 Å². The van der Waals surface area contributed by atoms with E-state index in [0.29, 0.717) is 12.0 Å². The highest BCUT2D eigenvalue weighted by Gasteiger charge is 2.34. The zero-order valence-corrected chi connectivity index (χ0v) is 19.3. The van der Waals surface area contributed by atoms with Crippen LogP contribution in [0.25, 0.3) is 21.9 Å². The van der Waals surface area contributed by atoms with Gasteiger partial charge in [0.15, 0.2) is 0 Å². The predicted molar refractivity (Wildman–Crippen MR) is 128 cm³/mol. The molecule has 166 valence electrons. The Hall–Kier alpha value is -3.08. The summed E-state index contributed by atoms with van der Waals surface area (Å²) in [6.07, 6.45) is 6.39. The average Bonchev–Trinajstić information content (AvgIpc) is 3.23. The Labute approximate surface area is 188 Å². The molecule has 1 aliphatic rings. The molecule has 2 aromatic heterocycles. The van der Waals surface area contributed by atoms with Crippen LogP contribution >= 0.6 is 0 Å². The fourth-order valence-electron chi connectivity index (χ4n) is 6.04. The number of rotatable bonds is 4. The van der Waals surface area contributed by atoms with E-state index in [4.69, 9.17) is 4.98 Å². The van der Waals surface area contributed by atoms with Gasteiger partial charge in [-0.05, 0) is 60.4 Å². The normalized spacial score (nSPS) is 20.8. The minimum atomic E-state index is -0.913. The van der Waals surface area contributed by atoms with E-state index in [1.165, 1.54) is 22.9 Å². The van der Waals surface area contributed by atoms with Crippen molar-refractivity contribution in [3.05, 3.63) is 65.6 Å². The van der Waals surface area contributed by atoms with E-state index < -0.39 is 5.97 Å². The summed E-state index contributed by atoms with van der Waals surface area (Å²) in [5.41, 5.74) is 4.84. The van der Waals surface area contributed by atoms with Gasteiger partial charge in [-0.2, -0.15) is 0 Å². The van der Waals surface area contributed by atoms with Gasteiger partial charge in [-0.1, -0.05) is 39.0 Å². The largest absolute Gasteiger partial charge is 0.478 e. The lowest BCUT2D eigenvalue weighted by Crippen LogP contribution is -2.30. The molecule has 0 aliphatic heterocycles. The molecule has 1 aliphatic carbocycles. The maximum Gasteiger partial charge on any atom is 0.335 e. The van der Waals surface area contributed by atoms with Crippen molar-refractivity contribution < 1.29 is 9.90 Å². The number of aromatic carboxylic acids is 1. The summed E-state index contributed by atoms with van der Waals surface area (Å²) in [4.78, 5) is 16.6. The topological polar surface area (TPSA) is 60.0 Å². The Morgan fingerprint density at radius 3 is 2.69 bits per heavy atom. The van der Waals surface area contributed by atoms with Gasteiger partial charge in [0.25, 0.3) is 0 Å². The van der Waals surface area contributed by atoms with Gasteiger partial charge in [-0.25, -0.2) is 9.78 Å². The van der Waals surface area contributed by atoms with Crippen LogP contribution in [0.1, 0.15) is 67.8 Å². The third-order valence-electron chi connectivity index (χ3n) is 7.07. The number of aromatic nitrogens is 3. The molecule has 1 fully saturated rings. The van der Waals surface area contributed by atoms with Crippen molar-refractivity contribution in [3.8, 4) is 0 Å². The van der Waals surface area contributed by atoms with Gasteiger partial charge >= 0.3 is 5.97 Å². The molecule has 32 heavy (non-hydrogen) atoms. The Kier molecular flexibility index (Phi) is 4.88. The minimum Gasteiger partial charge on any atom is -0.478 e. The first-order valence-electron chi connectivity index (χ1n) is 11.5. The average molecular weight is 430 g/mol. The molecule has 1 saturated carbocycles. The standard InChI is InChI=1S/C27H31N3O2/c1-17-11-20(15-27(2,3)14-17)30-24-10-9-18(26(31)32)12-22(24)28-25(30)13-19-16-29(4)23-8-6-5-7-21(19)23/h5-10,12,16-17,20H,11,13-15H2,1-4H3,(H,31,32)/t17-,20+/m0/s1. The fourth-order valence-corrected chi connectivity index (χ4v) is 6.04. The highest BCUT2D eigenvalue weighted by molar-refractivity contribution is 5.92. The maximum atomic E-state index is 11.6. The zero-order chi connectivity index (χ0) is 22.6. The SMILES string of the molecule is C[C@H]1C[C@@H](n2c(Cc3cn(C)c4ccccc34)nc3cc(C(=O)O)ccc32)CC(C)(C)C1. The minimum absolute atomic E-state index is 0.274. The van der Waals surface area contributed by atoms with Crippen LogP contribution < -0.4 is 0 Å². The highest BCUT2D eigenvalue weighted by atomic mass is 16.4. The Morgan fingerprint density at radius 2 is 1.94 bits per heavy atom. The van der Waals surface area contributed by atoms with Crippen LogP contribution in [-0.4, -0.2) is 25.2 Å². The lowest BCUT2D eigenvalue weighted by molar-refractivity contribution is 0.0697. The van der Waals surface area contributed by atoms with E-state index in [2.05, 4.69) is 67.4 Å². The molecule has 5 nitrogen and oxygen atoms in total. The number of aryl methyl sites for hydroxylation is 1. The number of imidazole rings is 1. The summed E-state index contributed by atoms with van der Waals surface area (Å²) in [6.45, 7) is 7.07. The van der Waals surface area contributed by atoms with Crippen molar-refractivity contribution in [2.45, 2.75) is 52.5 Å². The number of nitrogens with zero attached hydrogens (tertiary/aromatic N) is 3. The third-order valence-corrected chi connectivity index (χ3v) is 7.07. The summed E-state index contributed by atoms with van der Waals surface area (Å²) in [7, 11) is 2.08. The molecule has 4 aromatic rings. The van der Waals surface area contributed by atoms with E-state index in [9.17, 15) is 9.90 Å². The second-order valence-electron chi connectivity index (χ2n) is 10.4. The van der Waals surface area contributed by atoms with Crippen LogP contribution in [0.2, 0.25) is 0 Å². The number of carbonyl (C=O) groups is 1. The monoisotopic (exact) mass is 429 g/mol. The lowest BCUT2D eigenvalue weighted by atomic mass is 9.70. The molecule has 0 amide bonds. The lowest BCUT2D eigenvalue weighted by Gasteiger charge is -2.40. The molecule has 2 atom stereocenters. The highest BCUT2D eigenvalue weighted by Crippen LogP contribution is 2.45. The molecule has 1 N–H and O–H groups in total. The van der Waals surface area contributed by atoms with Gasteiger partial charge in [0, 0.05) is 36.6 Å². The summed E-state index contributed by atoms with van der Waals surface area (Å²) in [6, 6.07) is 14.2. The summed E-state index contributed by atoms with van der Waals surface area (Å²) >= 11 is 0. The molecule has 0 unspecified atom stereocenters. The summed E-state index contributed by atoms with van der Waals surface area (Å²) in [5, 5.41) is 10.7. The number of para-hydroxylation sites is 1. The van der Waals surface area contributed by atoms with Crippen molar-refractivity contribution in [2.24, 2.45) is 18.4 Å². The summed E-state index contributed by atoms with van der Waals surface area (Å²) < 4.78 is 4.59. The first-order valence-corrected chi connectivity index (χ1v) is 11.5. The van der Waals surface area contributed by atoms with Gasteiger partial charge in [0.1, 0.15) is 5.82 Å². The molecular formula is C27H31N3O2. The molecule has 0 radical (unpaired) electrons. The molecule has 0 spiro atoms. The second kappa shape index (κ2) is 7.51. The van der Waals surface area contributed by atoms with Crippen LogP contribution in [-0.2, 0) is 13.5 Å². The first kappa shape index (κ1) is 20.8. The number of fused-ring (bicyclic) bond motifs is 2. The molecular weight excluding hydrogens is 398 g/mol. The molecule has 2 heterocycles. The van der Waals surface area contributed by atoms with Gasteiger partial charge in [0.2, 0.25) is 0 Å². The van der Waals surface area contributed by atoms with E-state index in [1.54, 1.807) is 12.1 Å². The Morgan fingerprint density at radius 1 is 1.16 bits per heavy atom. The van der Waals surface area contributed by atoms with Gasteiger partial charge in [0.05, 0.1) is 16.6 Å². The second-order valence-corrected chi connectivity index (χ2v) is 10.4. The van der Waals surface area contributed by atoms with Crippen LogP contribution in [0, 0.1) is 11.3 Å². The molecule has 5 heteroatoms. The predicted octanol–water partition coefficient (Wildman–Crippen LogP) is 6.20. The van der Waals surface area contributed by atoms with E-state index in [0.717, 1.165) is 36.1 Å². The van der Waals surface area contributed by atoms with E-state index in [-0.39, 0.29) is 11.0 Å². The maximum absolute atomic E-state index is 11.6. The quantitative estimate of drug-likeness (QED) is 0.420. The number of hydrogen-bond donors (Lipinski definition) is 1. The molecule has 0 bridgehead atoms. The summed E-state index contributed by atoms with van der Waals surface area (Å²) in [5.74, 6) is 0.753. The van der Waals surface area contributed by atoms with Crippen molar-refractivity contribution in [3.63, 3.8) is 0 Å². The van der Waals surface area contributed by atoms with Crippen molar-refractivity contribution >= 4 is 27.9 Å². The molecule has 2 aromatic carbocycles. The molecule has 0 saturated heterocycles. The number of carboxylic acid groups (broad SMARTS) is 1. The van der Waals surface area contributed by atoms with Crippen molar-refractivity contribution in [1.82, 2.24) is 14.1 Å². The van der Waals surface area contributed by atoms with Crippen molar-refractivity contribution in [1.29, 1.82) is 0 Å². The number of hydrogen-bond acceptors (Lipinski definition) is 2. The Bertz CT molecular complexity index is 1330. The third kappa shape index (κ3) is 3.60.